The van der Waals surface area contributed by atoms with Gasteiger partial charge in [0, 0.05) is 11.5 Å². The number of ketones is 1. The molecule has 98 valence electrons. The molecule has 0 unspecified atom stereocenters. The van der Waals surface area contributed by atoms with Crippen LogP contribution in [0.3, 0.4) is 0 Å². The van der Waals surface area contributed by atoms with Gasteiger partial charge in [-0.1, -0.05) is 12.1 Å². The first-order chi connectivity index (χ1) is 8.23. The average molecular weight is 248 g/mol. The zero-order valence-corrected chi connectivity index (χ0v) is 11.3. The first kappa shape index (κ1) is 13.2. The van der Waals surface area contributed by atoms with E-state index < -0.39 is 17.6 Å². The van der Waals surface area contributed by atoms with Crippen LogP contribution >= 0.6 is 0 Å². The van der Waals surface area contributed by atoms with Crippen LogP contribution in [0.4, 0.5) is 0 Å². The maximum absolute atomic E-state index is 12.3. The van der Waals surface area contributed by atoms with Crippen molar-refractivity contribution in [2.24, 2.45) is 5.92 Å². The molecule has 0 fully saturated rings. The van der Waals surface area contributed by atoms with E-state index in [0.717, 1.165) is 16.7 Å². The molecule has 1 aromatic carbocycles. The molecule has 18 heavy (non-hydrogen) atoms. The molecule has 0 radical (unpaired) electrons. The van der Waals surface area contributed by atoms with E-state index in [-0.39, 0.29) is 5.78 Å². The van der Waals surface area contributed by atoms with Crippen molar-refractivity contribution in [2.45, 2.75) is 45.8 Å². The molecule has 0 spiro atoms. The van der Waals surface area contributed by atoms with Gasteiger partial charge < -0.3 is 10.2 Å². The number of aliphatic hydroxyl groups is 2. The third kappa shape index (κ3) is 1.98. The molecule has 0 saturated heterocycles. The molecular formula is C15H20O3. The largest absolute Gasteiger partial charge is 0.390 e. The topological polar surface area (TPSA) is 57.5 Å². The fraction of sp³-hybridized carbons (Fsp3) is 0.533. The molecule has 0 bridgehead atoms. The molecule has 0 aromatic heterocycles. The van der Waals surface area contributed by atoms with Crippen molar-refractivity contribution in [1.29, 1.82) is 0 Å². The molecule has 3 nitrogen and oxygen atoms in total. The van der Waals surface area contributed by atoms with Gasteiger partial charge in [0.15, 0.2) is 5.78 Å². The highest BCUT2D eigenvalue weighted by atomic mass is 16.3. The highest BCUT2D eigenvalue weighted by Crippen LogP contribution is 2.35. The molecule has 1 aliphatic rings. The number of rotatable bonds is 1. The maximum atomic E-state index is 12.3. The first-order valence-corrected chi connectivity index (χ1v) is 6.27. The van der Waals surface area contributed by atoms with Crippen LogP contribution in [-0.4, -0.2) is 27.7 Å². The number of benzene rings is 1. The molecule has 2 atom stereocenters. The van der Waals surface area contributed by atoms with Gasteiger partial charge in [-0.15, -0.1) is 0 Å². The summed E-state index contributed by atoms with van der Waals surface area (Å²) >= 11 is 0. The predicted molar refractivity (Wildman–Crippen MR) is 69.7 cm³/mol. The Morgan fingerprint density at radius 3 is 2.33 bits per heavy atom. The van der Waals surface area contributed by atoms with Crippen molar-refractivity contribution in [3.05, 3.63) is 34.4 Å². The summed E-state index contributed by atoms with van der Waals surface area (Å²) in [6.45, 7) is 7.13. The van der Waals surface area contributed by atoms with Gasteiger partial charge in [0.1, 0.15) is 6.10 Å². The number of carbonyl (C=O) groups is 1. The van der Waals surface area contributed by atoms with Gasteiger partial charge in [-0.05, 0) is 50.8 Å². The normalized spacial score (nSPS) is 24.0. The summed E-state index contributed by atoms with van der Waals surface area (Å²) in [4.78, 5) is 12.3. The van der Waals surface area contributed by atoms with E-state index in [9.17, 15) is 15.0 Å². The standard InChI is InChI=1S/C15H20O3/c1-8-5-6-9(2)12-10(8)7-11(15(3,4)18)13(16)14(12)17/h5-6,11,13,16,18H,7H2,1-4H3/t11-,13+/m0/s1. The lowest BCUT2D eigenvalue weighted by molar-refractivity contribution is -0.0397. The van der Waals surface area contributed by atoms with Crippen LogP contribution in [0.25, 0.3) is 0 Å². The maximum Gasteiger partial charge on any atom is 0.192 e. The van der Waals surface area contributed by atoms with Gasteiger partial charge in [0.25, 0.3) is 0 Å². The quantitative estimate of drug-likeness (QED) is 0.796. The average Bonchev–Trinajstić information content (AvgIpc) is 2.26. The smallest absolute Gasteiger partial charge is 0.192 e. The number of aliphatic hydroxyl groups excluding tert-OH is 1. The molecule has 1 aliphatic carbocycles. The van der Waals surface area contributed by atoms with Crippen molar-refractivity contribution in [3.8, 4) is 0 Å². The Morgan fingerprint density at radius 1 is 1.22 bits per heavy atom. The molecule has 0 aliphatic heterocycles. The summed E-state index contributed by atoms with van der Waals surface area (Å²) in [5.74, 6) is -0.706. The van der Waals surface area contributed by atoms with Crippen LogP contribution in [0.1, 0.15) is 40.9 Å². The van der Waals surface area contributed by atoms with Gasteiger partial charge in [-0.2, -0.15) is 0 Å². The van der Waals surface area contributed by atoms with Crippen molar-refractivity contribution in [3.63, 3.8) is 0 Å². The van der Waals surface area contributed by atoms with Crippen molar-refractivity contribution < 1.29 is 15.0 Å². The zero-order valence-electron chi connectivity index (χ0n) is 11.3. The lowest BCUT2D eigenvalue weighted by Crippen LogP contribution is -2.48. The molecule has 3 heteroatoms. The predicted octanol–water partition coefficient (Wildman–Crippen LogP) is 1.79. The van der Waals surface area contributed by atoms with E-state index in [1.54, 1.807) is 13.8 Å². The fourth-order valence-corrected chi connectivity index (χ4v) is 2.77. The van der Waals surface area contributed by atoms with Crippen LogP contribution in [-0.2, 0) is 6.42 Å². The van der Waals surface area contributed by atoms with Crippen molar-refractivity contribution >= 4 is 5.78 Å². The Balaban J connectivity index is 2.58. The second-order valence-electron chi connectivity index (χ2n) is 5.83. The second kappa shape index (κ2) is 4.18. The van der Waals surface area contributed by atoms with Gasteiger partial charge in [0.2, 0.25) is 0 Å². The summed E-state index contributed by atoms with van der Waals surface area (Å²) in [5.41, 5.74) is 2.49. The van der Waals surface area contributed by atoms with E-state index in [4.69, 9.17) is 0 Å². The number of hydrogen-bond acceptors (Lipinski definition) is 3. The van der Waals surface area contributed by atoms with Gasteiger partial charge in [-0.25, -0.2) is 0 Å². The van der Waals surface area contributed by atoms with Crippen LogP contribution in [0.5, 0.6) is 0 Å². The molecule has 0 amide bonds. The minimum absolute atomic E-state index is 0.260. The molecular weight excluding hydrogens is 228 g/mol. The van der Waals surface area contributed by atoms with Crippen molar-refractivity contribution in [1.82, 2.24) is 0 Å². The highest BCUT2D eigenvalue weighted by molar-refractivity contribution is 6.03. The van der Waals surface area contributed by atoms with E-state index in [0.29, 0.717) is 12.0 Å². The molecule has 2 rings (SSSR count). The molecule has 0 saturated carbocycles. The lowest BCUT2D eigenvalue weighted by atomic mass is 9.71. The minimum atomic E-state index is -1.11. The van der Waals surface area contributed by atoms with Gasteiger partial charge in [-0.3, -0.25) is 4.79 Å². The highest BCUT2D eigenvalue weighted by Gasteiger charge is 2.42. The Morgan fingerprint density at radius 2 is 1.78 bits per heavy atom. The molecule has 2 N–H and O–H groups in total. The summed E-state index contributed by atoms with van der Waals surface area (Å²) in [6, 6.07) is 3.89. The number of carbonyl (C=O) groups excluding carboxylic acids is 1. The number of fused-ring (bicyclic) bond motifs is 1. The third-order valence-corrected chi connectivity index (χ3v) is 3.98. The summed E-state index contributed by atoms with van der Waals surface area (Å²) in [7, 11) is 0. The third-order valence-electron chi connectivity index (χ3n) is 3.98. The van der Waals surface area contributed by atoms with Gasteiger partial charge >= 0.3 is 0 Å². The van der Waals surface area contributed by atoms with Gasteiger partial charge in [0.05, 0.1) is 5.60 Å². The number of Topliss-reactive ketones (excluding diaryl/α,β-unsaturated/α-hetero) is 1. The molecule has 0 heterocycles. The number of aryl methyl sites for hydroxylation is 2. The van der Waals surface area contributed by atoms with E-state index in [1.807, 2.05) is 26.0 Å². The Hall–Kier alpha value is -1.19. The SMILES string of the molecule is Cc1ccc(C)c2c1C[C@H](C(C)(C)O)[C@@H](O)C2=O. The zero-order chi connectivity index (χ0) is 13.7. The second-order valence-corrected chi connectivity index (χ2v) is 5.83. The Labute approximate surface area is 107 Å². The summed E-state index contributed by atoms with van der Waals surface area (Å²) < 4.78 is 0. The van der Waals surface area contributed by atoms with Crippen LogP contribution in [0.2, 0.25) is 0 Å². The van der Waals surface area contributed by atoms with E-state index in [2.05, 4.69) is 0 Å². The lowest BCUT2D eigenvalue weighted by Gasteiger charge is -2.37. The Bertz CT molecular complexity index is 497. The number of hydrogen-bond donors (Lipinski definition) is 2. The Kier molecular flexibility index (Phi) is 3.07. The fourth-order valence-electron chi connectivity index (χ4n) is 2.77. The summed E-state index contributed by atoms with van der Waals surface area (Å²) in [5, 5.41) is 20.2. The van der Waals surface area contributed by atoms with Crippen LogP contribution in [0.15, 0.2) is 12.1 Å². The van der Waals surface area contributed by atoms with Crippen LogP contribution in [0, 0.1) is 19.8 Å². The molecule has 1 aromatic rings. The summed E-state index contributed by atoms with van der Waals surface area (Å²) in [6.07, 6.45) is -0.572. The first-order valence-electron chi connectivity index (χ1n) is 6.27. The van der Waals surface area contributed by atoms with Crippen LogP contribution < -0.4 is 0 Å². The van der Waals surface area contributed by atoms with Crippen molar-refractivity contribution in [2.75, 3.05) is 0 Å². The van der Waals surface area contributed by atoms with E-state index in [1.165, 1.54) is 0 Å². The monoisotopic (exact) mass is 248 g/mol. The van der Waals surface area contributed by atoms with E-state index >= 15 is 0 Å². The minimum Gasteiger partial charge on any atom is -0.390 e.